The molecule has 0 aliphatic carbocycles. The normalized spacial score (nSPS) is 13.8. The van der Waals surface area contributed by atoms with Crippen LogP contribution >= 0.6 is 0 Å². The summed E-state index contributed by atoms with van der Waals surface area (Å²) in [6.45, 7) is 1.29. The fourth-order valence-corrected chi connectivity index (χ4v) is 0.653. The Morgan fingerprint density at radius 1 is 1.78 bits per heavy atom. The van der Waals surface area contributed by atoms with Gasteiger partial charge in [0.2, 0.25) is 0 Å². The molecule has 0 saturated heterocycles. The van der Waals surface area contributed by atoms with Crippen LogP contribution in [0, 0.1) is 0 Å². The molecule has 1 atom stereocenters. The van der Waals surface area contributed by atoms with Gasteiger partial charge in [-0.25, -0.2) is 4.31 Å². The molecular formula is C4H8NO3S-. The standard InChI is InChI=1S/C4H9NO3S/c1-4(6)3-5(2)9(7)8/h3H2,1-2H3,(H,7,8)/p-1. The Kier molecular flexibility index (Phi) is 3.60. The maximum absolute atomic E-state index is 10.2. The zero-order valence-electron chi connectivity index (χ0n) is 5.29. The molecule has 0 fully saturated rings. The number of ketones is 1. The van der Waals surface area contributed by atoms with Crippen molar-refractivity contribution in [1.29, 1.82) is 0 Å². The quantitative estimate of drug-likeness (QED) is 0.500. The predicted molar refractivity (Wildman–Crippen MR) is 32.2 cm³/mol. The van der Waals surface area contributed by atoms with Crippen LogP contribution in [0.4, 0.5) is 0 Å². The molecule has 0 aromatic rings. The fourth-order valence-electron chi connectivity index (χ4n) is 0.366. The summed E-state index contributed by atoms with van der Waals surface area (Å²) in [6.07, 6.45) is 0. The van der Waals surface area contributed by atoms with E-state index in [1.807, 2.05) is 0 Å². The second-order valence-corrected chi connectivity index (χ2v) is 2.76. The van der Waals surface area contributed by atoms with Crippen LogP contribution in [0.2, 0.25) is 0 Å². The van der Waals surface area contributed by atoms with Gasteiger partial charge >= 0.3 is 0 Å². The number of likely N-dealkylation sites (N-methyl/N-ethyl adjacent to an activating group) is 1. The molecule has 0 amide bonds. The summed E-state index contributed by atoms with van der Waals surface area (Å²) in [5.74, 6) is -0.165. The Hall–Kier alpha value is -0.260. The van der Waals surface area contributed by atoms with Crippen molar-refractivity contribution in [2.75, 3.05) is 13.6 Å². The smallest absolute Gasteiger partial charge is 0.144 e. The number of hydrogen-bond acceptors (Lipinski definition) is 3. The number of nitrogens with zero attached hydrogens (tertiary/aromatic N) is 1. The average Bonchev–Trinajstić information content (AvgIpc) is 1.63. The summed E-state index contributed by atoms with van der Waals surface area (Å²) in [7, 11) is 1.34. The first-order valence-corrected chi connectivity index (χ1v) is 3.37. The highest BCUT2D eigenvalue weighted by atomic mass is 32.2. The first-order valence-electron chi connectivity index (χ1n) is 2.34. The summed E-state index contributed by atoms with van der Waals surface area (Å²) < 4.78 is 20.9. The lowest BCUT2D eigenvalue weighted by atomic mass is 10.5. The molecule has 0 aromatic heterocycles. The van der Waals surface area contributed by atoms with Crippen LogP contribution in [0.15, 0.2) is 0 Å². The van der Waals surface area contributed by atoms with E-state index < -0.39 is 11.3 Å². The molecule has 0 rings (SSSR count). The highest BCUT2D eigenvalue weighted by molar-refractivity contribution is 7.76. The monoisotopic (exact) mass is 150 g/mol. The summed E-state index contributed by atoms with van der Waals surface area (Å²) in [6, 6.07) is 0. The van der Waals surface area contributed by atoms with Crippen LogP contribution in [0.1, 0.15) is 6.92 Å². The molecule has 0 saturated carbocycles. The Bertz CT molecular complexity index is 136. The van der Waals surface area contributed by atoms with Crippen molar-refractivity contribution in [1.82, 2.24) is 4.31 Å². The number of Topliss-reactive ketones (excluding diaryl/α,β-unsaturated/α-hetero) is 1. The fraction of sp³-hybridized carbons (Fsp3) is 0.750. The van der Waals surface area contributed by atoms with Crippen LogP contribution in [-0.2, 0) is 16.1 Å². The van der Waals surface area contributed by atoms with E-state index in [1.165, 1.54) is 14.0 Å². The van der Waals surface area contributed by atoms with Crippen molar-refractivity contribution in [2.24, 2.45) is 0 Å². The van der Waals surface area contributed by atoms with Crippen molar-refractivity contribution < 1.29 is 13.6 Å². The molecule has 0 heterocycles. The van der Waals surface area contributed by atoms with Crippen molar-refractivity contribution in [3.8, 4) is 0 Å². The minimum atomic E-state index is -2.27. The molecule has 1 unspecified atom stereocenters. The number of carbonyl (C=O) groups excluding carboxylic acids is 1. The zero-order chi connectivity index (χ0) is 7.44. The van der Waals surface area contributed by atoms with Gasteiger partial charge in [0.05, 0.1) is 6.54 Å². The number of rotatable bonds is 3. The molecule has 0 radical (unpaired) electrons. The van der Waals surface area contributed by atoms with E-state index in [0.29, 0.717) is 0 Å². The van der Waals surface area contributed by atoms with E-state index in [1.54, 1.807) is 0 Å². The molecule has 9 heavy (non-hydrogen) atoms. The van der Waals surface area contributed by atoms with Gasteiger partial charge < -0.3 is 4.55 Å². The molecule has 5 heteroatoms. The summed E-state index contributed by atoms with van der Waals surface area (Å²) in [5, 5.41) is 0. The van der Waals surface area contributed by atoms with Crippen LogP contribution in [0.5, 0.6) is 0 Å². The Balaban J connectivity index is 3.63. The number of carbonyl (C=O) groups is 1. The summed E-state index contributed by atoms with van der Waals surface area (Å²) in [5.41, 5.74) is 0. The third-order valence-corrected chi connectivity index (χ3v) is 1.34. The van der Waals surface area contributed by atoms with Crippen molar-refractivity contribution in [3.63, 3.8) is 0 Å². The topological polar surface area (TPSA) is 60.4 Å². The van der Waals surface area contributed by atoms with Crippen molar-refractivity contribution in [3.05, 3.63) is 0 Å². The Morgan fingerprint density at radius 2 is 2.22 bits per heavy atom. The molecule has 54 valence electrons. The van der Waals surface area contributed by atoms with Gasteiger partial charge in [-0.05, 0) is 14.0 Å². The molecule has 0 bridgehead atoms. The molecule has 0 aromatic carbocycles. The molecule has 0 spiro atoms. The lowest BCUT2D eigenvalue weighted by Crippen LogP contribution is -2.25. The largest absolute Gasteiger partial charge is 0.760 e. The van der Waals surface area contributed by atoms with E-state index in [0.717, 1.165) is 4.31 Å². The van der Waals surface area contributed by atoms with E-state index in [2.05, 4.69) is 0 Å². The maximum Gasteiger partial charge on any atom is 0.144 e. The molecule has 4 nitrogen and oxygen atoms in total. The first-order chi connectivity index (χ1) is 4.04. The third-order valence-electron chi connectivity index (χ3n) is 0.700. The summed E-state index contributed by atoms with van der Waals surface area (Å²) in [4.78, 5) is 10.2. The van der Waals surface area contributed by atoms with E-state index in [-0.39, 0.29) is 12.3 Å². The molecular weight excluding hydrogens is 142 g/mol. The van der Waals surface area contributed by atoms with Crippen LogP contribution in [0.3, 0.4) is 0 Å². The second kappa shape index (κ2) is 3.71. The van der Waals surface area contributed by atoms with Gasteiger partial charge in [-0.15, -0.1) is 0 Å². The maximum atomic E-state index is 10.2. The lowest BCUT2D eigenvalue weighted by Gasteiger charge is -2.16. The van der Waals surface area contributed by atoms with Gasteiger partial charge in [-0.3, -0.25) is 9.00 Å². The average molecular weight is 150 g/mol. The highest BCUT2D eigenvalue weighted by Crippen LogP contribution is 1.84. The minimum Gasteiger partial charge on any atom is -0.760 e. The SMILES string of the molecule is CC(=O)CN(C)S(=O)[O-]. The van der Waals surface area contributed by atoms with Gasteiger partial charge in [0.1, 0.15) is 5.78 Å². The zero-order valence-corrected chi connectivity index (χ0v) is 6.10. The van der Waals surface area contributed by atoms with Gasteiger partial charge in [-0.2, -0.15) is 0 Å². The van der Waals surface area contributed by atoms with E-state index in [4.69, 9.17) is 0 Å². The van der Waals surface area contributed by atoms with Gasteiger partial charge in [0.25, 0.3) is 0 Å². The van der Waals surface area contributed by atoms with E-state index in [9.17, 15) is 13.6 Å². The van der Waals surface area contributed by atoms with Gasteiger partial charge in [0, 0.05) is 11.3 Å². The van der Waals surface area contributed by atoms with Crippen LogP contribution < -0.4 is 0 Å². The highest BCUT2D eigenvalue weighted by Gasteiger charge is 1.99. The Morgan fingerprint density at radius 3 is 2.33 bits per heavy atom. The number of hydrogen-bond donors (Lipinski definition) is 0. The first kappa shape index (κ1) is 8.74. The minimum absolute atomic E-state index is 0.0455. The lowest BCUT2D eigenvalue weighted by molar-refractivity contribution is -0.117. The summed E-state index contributed by atoms with van der Waals surface area (Å²) >= 11 is -2.27. The van der Waals surface area contributed by atoms with E-state index >= 15 is 0 Å². The van der Waals surface area contributed by atoms with Gasteiger partial charge in [-0.1, -0.05) is 0 Å². The molecule has 0 aliphatic rings. The van der Waals surface area contributed by atoms with Crippen LogP contribution in [-0.4, -0.2) is 32.4 Å². The predicted octanol–water partition coefficient (Wildman–Crippen LogP) is -0.699. The van der Waals surface area contributed by atoms with Crippen molar-refractivity contribution in [2.45, 2.75) is 6.92 Å². The van der Waals surface area contributed by atoms with Gasteiger partial charge in [0.15, 0.2) is 0 Å². The molecule has 0 N–H and O–H groups in total. The third kappa shape index (κ3) is 4.26. The van der Waals surface area contributed by atoms with Crippen LogP contribution in [0.25, 0.3) is 0 Å². The molecule has 0 aliphatic heterocycles. The van der Waals surface area contributed by atoms with Crippen molar-refractivity contribution >= 4 is 17.0 Å². The Labute approximate surface area is 56.3 Å². The second-order valence-electron chi connectivity index (χ2n) is 1.71.